The lowest BCUT2D eigenvalue weighted by molar-refractivity contribution is -0.134. The minimum Gasteiger partial charge on any atom is -0.339 e. The molecule has 2 unspecified atom stereocenters. The Morgan fingerprint density at radius 1 is 1.32 bits per heavy atom. The summed E-state index contributed by atoms with van der Waals surface area (Å²) in [6, 6.07) is 4.95. The molecule has 1 aliphatic rings. The van der Waals surface area contributed by atoms with Crippen LogP contribution < -0.4 is 0 Å². The predicted octanol–water partition coefficient (Wildman–Crippen LogP) is 2.16. The van der Waals surface area contributed by atoms with Gasteiger partial charge in [0.2, 0.25) is 5.91 Å². The lowest BCUT2D eigenvalue weighted by Crippen LogP contribution is -2.58. The molecule has 0 spiro atoms. The first-order valence-corrected chi connectivity index (χ1v) is 9.06. The summed E-state index contributed by atoms with van der Waals surface area (Å²) in [5, 5.41) is 2.04. The molecule has 0 bridgehead atoms. The van der Waals surface area contributed by atoms with E-state index in [0.29, 0.717) is 18.5 Å². The van der Waals surface area contributed by atoms with Crippen molar-refractivity contribution in [2.24, 2.45) is 0 Å². The fraction of sp³-hybridized carbons (Fsp3) is 0.706. The lowest BCUT2D eigenvalue weighted by atomic mass is 10.1. The van der Waals surface area contributed by atoms with Gasteiger partial charge in [-0.1, -0.05) is 6.07 Å². The van der Waals surface area contributed by atoms with Gasteiger partial charge < -0.3 is 9.80 Å². The molecule has 0 N–H and O–H groups in total. The Balaban J connectivity index is 1.85. The van der Waals surface area contributed by atoms with E-state index in [-0.39, 0.29) is 5.91 Å². The molecule has 1 saturated heterocycles. The molecule has 2 heterocycles. The second-order valence-electron chi connectivity index (χ2n) is 6.65. The highest BCUT2D eigenvalue weighted by Gasteiger charge is 2.31. The maximum Gasteiger partial charge on any atom is 0.227 e. The molecule has 1 amide bonds. The Hall–Kier alpha value is -0.910. The number of hydrogen-bond donors (Lipinski definition) is 0. The monoisotopic (exact) mass is 323 g/mol. The number of rotatable bonds is 6. The van der Waals surface area contributed by atoms with Crippen LogP contribution in [0.15, 0.2) is 17.5 Å². The van der Waals surface area contributed by atoms with Gasteiger partial charge in [-0.15, -0.1) is 11.3 Å². The quantitative estimate of drug-likeness (QED) is 0.803. The van der Waals surface area contributed by atoms with Crippen molar-refractivity contribution >= 4 is 17.2 Å². The zero-order valence-electron chi connectivity index (χ0n) is 14.3. The van der Waals surface area contributed by atoms with Crippen molar-refractivity contribution in [1.29, 1.82) is 0 Å². The van der Waals surface area contributed by atoms with Gasteiger partial charge >= 0.3 is 0 Å². The maximum atomic E-state index is 12.5. The minimum absolute atomic E-state index is 0.272. The van der Waals surface area contributed by atoms with E-state index in [2.05, 4.69) is 42.6 Å². The van der Waals surface area contributed by atoms with Gasteiger partial charge in [0, 0.05) is 36.6 Å². The maximum absolute atomic E-state index is 12.5. The number of hydrogen-bond acceptors (Lipinski definition) is 4. The highest BCUT2D eigenvalue weighted by Crippen LogP contribution is 2.18. The first-order valence-electron chi connectivity index (χ1n) is 8.18. The van der Waals surface area contributed by atoms with Gasteiger partial charge in [0.25, 0.3) is 0 Å². The van der Waals surface area contributed by atoms with Crippen LogP contribution in [-0.2, 0) is 11.2 Å². The number of thiophene rings is 1. The van der Waals surface area contributed by atoms with E-state index in [9.17, 15) is 4.79 Å². The van der Waals surface area contributed by atoms with E-state index >= 15 is 0 Å². The summed E-state index contributed by atoms with van der Waals surface area (Å²) in [6.45, 7) is 8.45. The smallest absolute Gasteiger partial charge is 0.227 e. The third-order valence-electron chi connectivity index (χ3n) is 4.38. The van der Waals surface area contributed by atoms with Crippen molar-refractivity contribution in [3.63, 3.8) is 0 Å². The van der Waals surface area contributed by atoms with Gasteiger partial charge in [0.1, 0.15) is 0 Å². The number of carbonyl (C=O) groups is 1. The Kier molecular flexibility index (Phi) is 6.41. The average Bonchev–Trinajstić information content (AvgIpc) is 2.94. The molecule has 5 heteroatoms. The van der Waals surface area contributed by atoms with Crippen LogP contribution in [0, 0.1) is 0 Å². The topological polar surface area (TPSA) is 26.8 Å². The molecule has 0 aliphatic carbocycles. The van der Waals surface area contributed by atoms with Crippen LogP contribution in [0.2, 0.25) is 0 Å². The van der Waals surface area contributed by atoms with Crippen LogP contribution in [0.3, 0.4) is 0 Å². The molecule has 0 radical (unpaired) electrons. The van der Waals surface area contributed by atoms with E-state index in [1.54, 1.807) is 11.3 Å². The number of piperazine rings is 1. The lowest BCUT2D eigenvalue weighted by Gasteiger charge is -2.44. The van der Waals surface area contributed by atoms with Crippen molar-refractivity contribution in [2.45, 2.75) is 38.8 Å². The van der Waals surface area contributed by atoms with Gasteiger partial charge in [0.15, 0.2) is 0 Å². The summed E-state index contributed by atoms with van der Waals surface area (Å²) < 4.78 is 0. The van der Waals surface area contributed by atoms with Gasteiger partial charge in [0.05, 0.1) is 6.42 Å². The third kappa shape index (κ3) is 4.80. The average molecular weight is 324 g/mol. The van der Waals surface area contributed by atoms with Crippen LogP contribution in [0.4, 0.5) is 0 Å². The summed E-state index contributed by atoms with van der Waals surface area (Å²) in [7, 11) is 4.24. The number of nitrogens with zero attached hydrogens (tertiary/aromatic N) is 3. The Labute approximate surface area is 138 Å². The van der Waals surface area contributed by atoms with Gasteiger partial charge in [-0.25, -0.2) is 0 Å². The molecule has 2 atom stereocenters. The summed E-state index contributed by atoms with van der Waals surface area (Å²) in [5.74, 6) is 0.272. The van der Waals surface area contributed by atoms with Gasteiger partial charge in [-0.3, -0.25) is 9.69 Å². The van der Waals surface area contributed by atoms with Crippen molar-refractivity contribution in [2.75, 3.05) is 40.3 Å². The van der Waals surface area contributed by atoms with Crippen LogP contribution in [0.1, 0.15) is 25.1 Å². The zero-order chi connectivity index (χ0) is 16.1. The number of carbonyl (C=O) groups excluding carboxylic acids is 1. The largest absolute Gasteiger partial charge is 0.339 e. The fourth-order valence-corrected chi connectivity index (χ4v) is 3.94. The van der Waals surface area contributed by atoms with Crippen molar-refractivity contribution in [3.8, 4) is 0 Å². The summed E-state index contributed by atoms with van der Waals surface area (Å²) in [5.41, 5.74) is 0. The standard InChI is InChI=1S/C17H29N3OS/c1-14-12-19(17(21)11-16-7-5-10-22-16)13-15(2)20(14)9-6-8-18(3)4/h5,7,10,14-15H,6,8-9,11-13H2,1-4H3. The zero-order valence-corrected chi connectivity index (χ0v) is 15.1. The normalized spacial score (nSPS) is 23.2. The van der Waals surface area contributed by atoms with Crippen molar-refractivity contribution in [3.05, 3.63) is 22.4 Å². The molecule has 1 aromatic rings. The van der Waals surface area contributed by atoms with E-state index in [0.717, 1.165) is 26.2 Å². The Morgan fingerprint density at radius 2 is 2.00 bits per heavy atom. The molecule has 4 nitrogen and oxygen atoms in total. The fourth-order valence-electron chi connectivity index (χ4n) is 3.24. The molecule has 0 saturated carbocycles. The predicted molar refractivity (Wildman–Crippen MR) is 93.4 cm³/mol. The molecule has 22 heavy (non-hydrogen) atoms. The SMILES string of the molecule is CC1CN(C(=O)Cc2cccs2)CC(C)N1CCCN(C)C. The van der Waals surface area contributed by atoms with E-state index in [1.807, 2.05) is 17.5 Å². The summed E-state index contributed by atoms with van der Waals surface area (Å²) in [4.78, 5) is 20.5. The summed E-state index contributed by atoms with van der Waals surface area (Å²) in [6.07, 6.45) is 1.74. The highest BCUT2D eigenvalue weighted by molar-refractivity contribution is 7.10. The van der Waals surface area contributed by atoms with Crippen molar-refractivity contribution < 1.29 is 4.79 Å². The second-order valence-corrected chi connectivity index (χ2v) is 7.68. The van der Waals surface area contributed by atoms with Gasteiger partial charge in [-0.05, 0) is 52.4 Å². The third-order valence-corrected chi connectivity index (χ3v) is 5.26. The molecule has 124 valence electrons. The summed E-state index contributed by atoms with van der Waals surface area (Å²) >= 11 is 1.67. The Bertz CT molecular complexity index is 448. The van der Waals surface area contributed by atoms with E-state index in [1.165, 1.54) is 11.3 Å². The Morgan fingerprint density at radius 3 is 2.55 bits per heavy atom. The van der Waals surface area contributed by atoms with Crippen LogP contribution in [0.25, 0.3) is 0 Å². The molecule has 1 aliphatic heterocycles. The molecule has 2 rings (SSSR count). The van der Waals surface area contributed by atoms with Crippen LogP contribution in [-0.4, -0.2) is 73.0 Å². The molecular formula is C17H29N3OS. The van der Waals surface area contributed by atoms with Crippen LogP contribution in [0.5, 0.6) is 0 Å². The van der Waals surface area contributed by atoms with E-state index in [4.69, 9.17) is 0 Å². The molecule has 1 aromatic heterocycles. The van der Waals surface area contributed by atoms with Crippen molar-refractivity contribution in [1.82, 2.24) is 14.7 Å². The molecular weight excluding hydrogens is 294 g/mol. The number of amides is 1. The van der Waals surface area contributed by atoms with E-state index < -0.39 is 0 Å². The molecule has 0 aromatic carbocycles. The van der Waals surface area contributed by atoms with Crippen LogP contribution >= 0.6 is 11.3 Å². The first-order chi connectivity index (χ1) is 10.5. The minimum atomic E-state index is 0.272. The second kappa shape index (κ2) is 8.09. The molecule has 1 fully saturated rings. The van der Waals surface area contributed by atoms with Gasteiger partial charge in [-0.2, -0.15) is 0 Å². The first kappa shape index (κ1) is 17.4. The highest BCUT2D eigenvalue weighted by atomic mass is 32.1.